The highest BCUT2D eigenvalue weighted by atomic mass is 16.5. The minimum atomic E-state index is -0.472. The number of anilines is 1. The summed E-state index contributed by atoms with van der Waals surface area (Å²) in [6, 6.07) is 8.01. The van der Waals surface area contributed by atoms with Crippen molar-refractivity contribution in [2.24, 2.45) is 0 Å². The molecule has 1 heterocycles. The van der Waals surface area contributed by atoms with E-state index in [0.717, 1.165) is 0 Å². The van der Waals surface area contributed by atoms with Gasteiger partial charge in [-0.2, -0.15) is 5.26 Å². The van der Waals surface area contributed by atoms with Gasteiger partial charge in [0.1, 0.15) is 17.4 Å². The minimum Gasteiger partial charge on any atom is -0.508 e. The van der Waals surface area contributed by atoms with E-state index in [-0.39, 0.29) is 23.5 Å². The lowest BCUT2D eigenvalue weighted by atomic mass is 10.2. The Kier molecular flexibility index (Phi) is 5.02. The number of amides is 1. The first kappa shape index (κ1) is 15.9. The van der Waals surface area contributed by atoms with Gasteiger partial charge in [0, 0.05) is 25.0 Å². The van der Waals surface area contributed by atoms with Crippen LogP contribution in [0.2, 0.25) is 0 Å². The molecule has 2 atom stereocenters. The average Bonchev–Trinajstić information content (AvgIpc) is 2.46. The molecule has 1 aliphatic rings. The predicted molar refractivity (Wildman–Crippen MR) is 82.0 cm³/mol. The third-order valence-corrected chi connectivity index (χ3v) is 3.25. The van der Waals surface area contributed by atoms with Crippen LogP contribution in [-0.2, 0) is 9.53 Å². The van der Waals surface area contributed by atoms with E-state index in [0.29, 0.717) is 18.8 Å². The quantitative estimate of drug-likeness (QED) is 0.505. The molecular weight excluding hydrogens is 282 g/mol. The Morgan fingerprint density at radius 3 is 2.50 bits per heavy atom. The summed E-state index contributed by atoms with van der Waals surface area (Å²) in [5.74, 6) is -0.356. The molecule has 0 radical (unpaired) electrons. The molecule has 2 rings (SSSR count). The number of hydrogen-bond acceptors (Lipinski definition) is 5. The topological polar surface area (TPSA) is 85.6 Å². The van der Waals surface area contributed by atoms with Crippen molar-refractivity contribution in [2.45, 2.75) is 26.1 Å². The third-order valence-electron chi connectivity index (χ3n) is 3.25. The Labute approximate surface area is 129 Å². The Morgan fingerprint density at radius 1 is 1.36 bits per heavy atom. The second-order valence-electron chi connectivity index (χ2n) is 5.37. The van der Waals surface area contributed by atoms with Gasteiger partial charge in [-0.25, -0.2) is 0 Å². The van der Waals surface area contributed by atoms with Crippen LogP contribution < -0.4 is 5.32 Å². The lowest BCUT2D eigenvalue weighted by Crippen LogP contribution is -2.43. The Hall–Kier alpha value is -2.52. The fraction of sp³-hybridized carbons (Fsp3) is 0.375. The number of phenolic OH excluding ortho intramolecular Hbond substituents is 1. The zero-order chi connectivity index (χ0) is 16.1. The van der Waals surface area contributed by atoms with Crippen molar-refractivity contribution < 1.29 is 14.6 Å². The highest BCUT2D eigenvalue weighted by Crippen LogP contribution is 2.16. The molecule has 0 aliphatic carbocycles. The molecule has 0 spiro atoms. The van der Waals surface area contributed by atoms with Crippen LogP contribution >= 0.6 is 0 Å². The Balaban J connectivity index is 2.06. The molecule has 6 nitrogen and oxygen atoms in total. The number of ether oxygens (including phenoxy) is 1. The number of nitriles is 1. The van der Waals surface area contributed by atoms with Gasteiger partial charge in [0.2, 0.25) is 0 Å². The minimum absolute atomic E-state index is 0.0365. The van der Waals surface area contributed by atoms with Gasteiger partial charge in [0.15, 0.2) is 0 Å². The van der Waals surface area contributed by atoms with Crippen molar-refractivity contribution >= 4 is 11.6 Å². The van der Waals surface area contributed by atoms with E-state index in [1.54, 1.807) is 18.3 Å². The standard InChI is InChI=1S/C16H19N3O3/c1-11-8-19(9-12(2)22-11)10-13(7-17)16(21)18-14-3-5-15(20)6-4-14/h3-6,10-12,20H,8-9H2,1-2H3,(H,18,21)/b13-10-. The first-order chi connectivity index (χ1) is 10.5. The summed E-state index contributed by atoms with van der Waals surface area (Å²) in [7, 11) is 0. The Morgan fingerprint density at radius 2 is 1.95 bits per heavy atom. The van der Waals surface area contributed by atoms with Crippen molar-refractivity contribution in [3.8, 4) is 11.8 Å². The first-order valence-corrected chi connectivity index (χ1v) is 7.09. The van der Waals surface area contributed by atoms with Crippen LogP contribution in [0.3, 0.4) is 0 Å². The van der Waals surface area contributed by atoms with E-state index in [2.05, 4.69) is 5.32 Å². The lowest BCUT2D eigenvalue weighted by molar-refractivity contribution is -0.112. The molecule has 1 fully saturated rings. The van der Waals surface area contributed by atoms with Gasteiger partial charge < -0.3 is 20.1 Å². The summed E-state index contributed by atoms with van der Waals surface area (Å²) in [4.78, 5) is 14.1. The van der Waals surface area contributed by atoms with E-state index in [4.69, 9.17) is 4.74 Å². The number of aromatic hydroxyl groups is 1. The molecular formula is C16H19N3O3. The number of rotatable bonds is 3. The van der Waals surface area contributed by atoms with Crippen molar-refractivity contribution in [1.29, 1.82) is 5.26 Å². The maximum atomic E-state index is 12.1. The van der Waals surface area contributed by atoms with E-state index in [1.807, 2.05) is 24.8 Å². The molecule has 1 amide bonds. The summed E-state index contributed by atoms with van der Waals surface area (Å²) < 4.78 is 5.62. The van der Waals surface area contributed by atoms with Crippen LogP contribution in [0.15, 0.2) is 36.0 Å². The van der Waals surface area contributed by atoms with Crippen molar-refractivity contribution in [3.63, 3.8) is 0 Å². The summed E-state index contributed by atoms with van der Waals surface area (Å²) >= 11 is 0. The molecule has 0 bridgehead atoms. The predicted octanol–water partition coefficient (Wildman–Crippen LogP) is 1.85. The molecule has 0 saturated carbocycles. The molecule has 2 unspecified atom stereocenters. The van der Waals surface area contributed by atoms with Gasteiger partial charge in [-0.1, -0.05) is 0 Å². The number of phenols is 1. The first-order valence-electron chi connectivity index (χ1n) is 7.09. The van der Waals surface area contributed by atoms with E-state index in [1.165, 1.54) is 12.1 Å². The number of hydrogen-bond donors (Lipinski definition) is 2. The molecule has 1 saturated heterocycles. The summed E-state index contributed by atoms with van der Waals surface area (Å²) in [6.07, 6.45) is 1.69. The number of carbonyl (C=O) groups is 1. The Bertz CT molecular complexity index is 594. The SMILES string of the molecule is CC1CN(/C=C(/C#N)C(=O)Nc2ccc(O)cc2)CC(C)O1. The van der Waals surface area contributed by atoms with Crippen molar-refractivity contribution in [2.75, 3.05) is 18.4 Å². The average molecular weight is 301 g/mol. The van der Waals surface area contributed by atoms with Crippen LogP contribution in [0.25, 0.3) is 0 Å². The van der Waals surface area contributed by atoms with Crippen molar-refractivity contribution in [1.82, 2.24) is 4.90 Å². The monoisotopic (exact) mass is 301 g/mol. The van der Waals surface area contributed by atoms with Gasteiger partial charge in [0.25, 0.3) is 5.91 Å². The molecule has 116 valence electrons. The zero-order valence-corrected chi connectivity index (χ0v) is 12.6. The second kappa shape index (κ2) is 6.96. The highest BCUT2D eigenvalue weighted by Gasteiger charge is 2.21. The van der Waals surface area contributed by atoms with Crippen LogP contribution in [0.1, 0.15) is 13.8 Å². The molecule has 2 N–H and O–H groups in total. The van der Waals surface area contributed by atoms with Crippen LogP contribution in [0.5, 0.6) is 5.75 Å². The molecule has 1 aromatic carbocycles. The van der Waals surface area contributed by atoms with E-state index in [9.17, 15) is 15.2 Å². The van der Waals surface area contributed by atoms with Gasteiger partial charge >= 0.3 is 0 Å². The number of morpholine rings is 1. The van der Waals surface area contributed by atoms with Crippen LogP contribution in [-0.4, -0.2) is 41.2 Å². The molecule has 0 aromatic heterocycles. The lowest BCUT2D eigenvalue weighted by Gasteiger charge is -2.34. The summed E-state index contributed by atoms with van der Waals surface area (Å²) in [6.45, 7) is 5.20. The van der Waals surface area contributed by atoms with Crippen LogP contribution in [0, 0.1) is 11.3 Å². The van der Waals surface area contributed by atoms with Crippen molar-refractivity contribution in [3.05, 3.63) is 36.0 Å². The fourth-order valence-corrected chi connectivity index (χ4v) is 2.39. The molecule has 1 aliphatic heterocycles. The van der Waals surface area contributed by atoms with Gasteiger partial charge in [0.05, 0.1) is 12.2 Å². The maximum absolute atomic E-state index is 12.1. The fourth-order valence-electron chi connectivity index (χ4n) is 2.39. The van der Waals surface area contributed by atoms with Gasteiger partial charge in [-0.05, 0) is 38.1 Å². The number of carbonyl (C=O) groups excluding carboxylic acids is 1. The molecule has 22 heavy (non-hydrogen) atoms. The van der Waals surface area contributed by atoms with E-state index >= 15 is 0 Å². The second-order valence-corrected chi connectivity index (χ2v) is 5.37. The summed E-state index contributed by atoms with van der Waals surface area (Å²) in [5.41, 5.74) is 0.557. The number of nitrogens with one attached hydrogen (secondary N) is 1. The third kappa shape index (κ3) is 4.24. The largest absolute Gasteiger partial charge is 0.508 e. The summed E-state index contributed by atoms with van der Waals surface area (Å²) in [5, 5.41) is 21.1. The normalized spacial score (nSPS) is 22.0. The zero-order valence-electron chi connectivity index (χ0n) is 12.6. The van der Waals surface area contributed by atoms with Gasteiger partial charge in [-0.15, -0.1) is 0 Å². The van der Waals surface area contributed by atoms with E-state index < -0.39 is 5.91 Å². The van der Waals surface area contributed by atoms with Gasteiger partial charge in [-0.3, -0.25) is 4.79 Å². The molecule has 6 heteroatoms. The maximum Gasteiger partial charge on any atom is 0.267 e. The van der Waals surface area contributed by atoms with Crippen LogP contribution in [0.4, 0.5) is 5.69 Å². The molecule has 1 aromatic rings. The highest BCUT2D eigenvalue weighted by molar-refractivity contribution is 6.06. The number of benzene rings is 1. The number of nitrogens with zero attached hydrogens (tertiary/aromatic N) is 2. The smallest absolute Gasteiger partial charge is 0.267 e.